The summed E-state index contributed by atoms with van der Waals surface area (Å²) in [5, 5.41) is 3.06. The molecule has 0 aliphatic heterocycles. The maximum atomic E-state index is 11.7. The van der Waals surface area contributed by atoms with Gasteiger partial charge in [0.1, 0.15) is 0 Å². The summed E-state index contributed by atoms with van der Waals surface area (Å²) in [6, 6.07) is 7.96. The average Bonchev–Trinajstić information content (AvgIpc) is 2.32. The number of carbonyl (C=O) groups excluding carboxylic acids is 1. The fourth-order valence-electron chi connectivity index (χ4n) is 1.62. The van der Waals surface area contributed by atoms with Gasteiger partial charge in [0.15, 0.2) is 0 Å². The zero-order valence-electron chi connectivity index (χ0n) is 10.5. The van der Waals surface area contributed by atoms with Gasteiger partial charge in [-0.15, -0.1) is 11.6 Å². The second-order valence-corrected chi connectivity index (χ2v) is 4.86. The van der Waals surface area contributed by atoms with E-state index in [0.29, 0.717) is 13.0 Å². The van der Waals surface area contributed by atoms with Crippen molar-refractivity contribution in [1.82, 2.24) is 5.32 Å². The normalized spacial score (nSPS) is 12.2. The van der Waals surface area contributed by atoms with Crippen LogP contribution in [-0.4, -0.2) is 17.8 Å². The predicted molar refractivity (Wildman–Crippen MR) is 72.4 cm³/mol. The zero-order chi connectivity index (χ0) is 12.7. The molecule has 1 N–H and O–H groups in total. The fourth-order valence-corrected chi connectivity index (χ4v) is 1.73. The monoisotopic (exact) mass is 253 g/mol. The number of benzene rings is 1. The number of amides is 1. The molecule has 2 nitrogen and oxygen atoms in total. The van der Waals surface area contributed by atoms with Gasteiger partial charge in [-0.3, -0.25) is 4.79 Å². The molecule has 1 atom stereocenters. The van der Waals surface area contributed by atoms with Gasteiger partial charge in [0.05, 0.1) is 6.42 Å². The number of carbonyl (C=O) groups is 1. The molecule has 0 saturated heterocycles. The van der Waals surface area contributed by atoms with E-state index in [1.54, 1.807) is 0 Å². The van der Waals surface area contributed by atoms with Crippen molar-refractivity contribution in [3.05, 3.63) is 35.4 Å². The number of aryl methyl sites for hydroxylation is 1. The van der Waals surface area contributed by atoms with Crippen molar-refractivity contribution in [2.24, 2.45) is 0 Å². The maximum Gasteiger partial charge on any atom is 0.224 e. The topological polar surface area (TPSA) is 29.1 Å². The molecule has 0 radical (unpaired) electrons. The van der Waals surface area contributed by atoms with Crippen LogP contribution < -0.4 is 5.32 Å². The summed E-state index contributed by atoms with van der Waals surface area (Å²) in [6.45, 7) is 4.73. The van der Waals surface area contributed by atoms with Crippen LogP contribution in [0.25, 0.3) is 0 Å². The minimum Gasteiger partial charge on any atom is -0.356 e. The first kappa shape index (κ1) is 14.0. The number of hydrogen-bond donors (Lipinski definition) is 1. The van der Waals surface area contributed by atoms with E-state index in [9.17, 15) is 4.79 Å². The summed E-state index contributed by atoms with van der Waals surface area (Å²) in [7, 11) is 0. The Morgan fingerprint density at radius 1 is 1.41 bits per heavy atom. The van der Waals surface area contributed by atoms with E-state index >= 15 is 0 Å². The van der Waals surface area contributed by atoms with Gasteiger partial charge in [-0.25, -0.2) is 0 Å². The summed E-state index contributed by atoms with van der Waals surface area (Å²) in [4.78, 5) is 11.7. The van der Waals surface area contributed by atoms with E-state index in [1.165, 1.54) is 0 Å². The lowest BCUT2D eigenvalue weighted by atomic mass is 10.1. The Morgan fingerprint density at radius 2 is 2.12 bits per heavy atom. The minimum absolute atomic E-state index is 0.0688. The van der Waals surface area contributed by atoms with Crippen LogP contribution in [0.15, 0.2) is 24.3 Å². The summed E-state index contributed by atoms with van der Waals surface area (Å²) >= 11 is 5.98. The molecule has 17 heavy (non-hydrogen) atoms. The van der Waals surface area contributed by atoms with Crippen LogP contribution in [-0.2, 0) is 11.2 Å². The van der Waals surface area contributed by atoms with Crippen LogP contribution >= 0.6 is 11.6 Å². The van der Waals surface area contributed by atoms with E-state index < -0.39 is 0 Å². The van der Waals surface area contributed by atoms with Crippen molar-refractivity contribution in [2.45, 2.75) is 38.5 Å². The molecule has 94 valence electrons. The van der Waals surface area contributed by atoms with Gasteiger partial charge >= 0.3 is 0 Å². The molecular formula is C14H20ClNO. The van der Waals surface area contributed by atoms with Crippen LogP contribution in [0.3, 0.4) is 0 Å². The molecule has 1 aromatic carbocycles. The molecule has 1 unspecified atom stereocenters. The largest absolute Gasteiger partial charge is 0.356 e. The molecule has 0 spiro atoms. The van der Waals surface area contributed by atoms with E-state index in [-0.39, 0.29) is 11.3 Å². The first-order valence-electron chi connectivity index (χ1n) is 6.08. The standard InChI is InChI=1S/C14H20ClNO/c1-3-13(15)8-9-16-14(17)10-12-7-5-4-6-11(12)2/h4-7,13H,3,8-10H2,1-2H3,(H,16,17). The lowest BCUT2D eigenvalue weighted by Crippen LogP contribution is -2.27. The Balaban J connectivity index is 2.33. The van der Waals surface area contributed by atoms with Gasteiger partial charge in [0.2, 0.25) is 5.91 Å². The third-order valence-corrected chi connectivity index (χ3v) is 3.36. The van der Waals surface area contributed by atoms with Crippen LogP contribution in [0.5, 0.6) is 0 Å². The molecule has 0 heterocycles. The molecule has 0 fully saturated rings. The lowest BCUT2D eigenvalue weighted by molar-refractivity contribution is -0.120. The van der Waals surface area contributed by atoms with Crippen LogP contribution in [0.2, 0.25) is 0 Å². The molecule has 0 aromatic heterocycles. The van der Waals surface area contributed by atoms with Crippen molar-refractivity contribution in [3.63, 3.8) is 0 Å². The Labute approximate surface area is 108 Å². The third kappa shape index (κ3) is 5.22. The molecule has 0 aliphatic carbocycles. The molecule has 1 rings (SSSR count). The first-order chi connectivity index (χ1) is 8.13. The quantitative estimate of drug-likeness (QED) is 0.776. The second kappa shape index (κ2) is 7.33. The molecule has 0 saturated carbocycles. The van der Waals surface area contributed by atoms with Gasteiger partial charge in [-0.05, 0) is 30.9 Å². The SMILES string of the molecule is CCC(Cl)CCNC(=O)Cc1ccccc1C. The van der Waals surface area contributed by atoms with Crippen molar-refractivity contribution in [3.8, 4) is 0 Å². The van der Waals surface area contributed by atoms with Crippen molar-refractivity contribution >= 4 is 17.5 Å². The van der Waals surface area contributed by atoms with Gasteiger partial charge in [-0.2, -0.15) is 0 Å². The highest BCUT2D eigenvalue weighted by atomic mass is 35.5. The fraction of sp³-hybridized carbons (Fsp3) is 0.500. The van der Waals surface area contributed by atoms with Gasteiger partial charge < -0.3 is 5.32 Å². The summed E-state index contributed by atoms with van der Waals surface area (Å²) in [6.07, 6.45) is 2.22. The molecular weight excluding hydrogens is 234 g/mol. The Bertz CT molecular complexity index is 365. The second-order valence-electron chi connectivity index (χ2n) is 4.25. The summed E-state index contributed by atoms with van der Waals surface area (Å²) < 4.78 is 0. The van der Waals surface area contributed by atoms with Crippen LogP contribution in [0, 0.1) is 6.92 Å². The molecule has 1 aromatic rings. The van der Waals surface area contributed by atoms with Crippen molar-refractivity contribution < 1.29 is 4.79 Å². The lowest BCUT2D eigenvalue weighted by Gasteiger charge is -2.09. The Hall–Kier alpha value is -1.02. The highest BCUT2D eigenvalue weighted by Gasteiger charge is 2.06. The van der Waals surface area contributed by atoms with Gasteiger partial charge in [-0.1, -0.05) is 31.2 Å². The highest BCUT2D eigenvalue weighted by molar-refractivity contribution is 6.20. The predicted octanol–water partition coefficient (Wildman–Crippen LogP) is 3.06. The van der Waals surface area contributed by atoms with E-state index in [2.05, 4.69) is 5.32 Å². The van der Waals surface area contributed by atoms with Crippen LogP contribution in [0.4, 0.5) is 0 Å². The third-order valence-electron chi connectivity index (χ3n) is 2.83. The van der Waals surface area contributed by atoms with Gasteiger partial charge in [0.25, 0.3) is 0 Å². The number of halogens is 1. The molecule has 1 amide bonds. The Morgan fingerprint density at radius 3 is 2.76 bits per heavy atom. The van der Waals surface area contributed by atoms with E-state index in [1.807, 2.05) is 38.1 Å². The molecule has 0 aliphatic rings. The summed E-state index contributed by atoms with van der Waals surface area (Å²) in [5.74, 6) is 0.0688. The van der Waals surface area contributed by atoms with E-state index in [0.717, 1.165) is 24.0 Å². The number of alkyl halides is 1. The van der Waals surface area contributed by atoms with Gasteiger partial charge in [0, 0.05) is 11.9 Å². The number of nitrogens with one attached hydrogen (secondary N) is 1. The number of rotatable bonds is 6. The zero-order valence-corrected chi connectivity index (χ0v) is 11.3. The molecule has 3 heteroatoms. The average molecular weight is 254 g/mol. The first-order valence-corrected chi connectivity index (χ1v) is 6.52. The number of hydrogen-bond acceptors (Lipinski definition) is 1. The highest BCUT2D eigenvalue weighted by Crippen LogP contribution is 2.08. The van der Waals surface area contributed by atoms with Crippen molar-refractivity contribution in [1.29, 1.82) is 0 Å². The van der Waals surface area contributed by atoms with E-state index in [4.69, 9.17) is 11.6 Å². The van der Waals surface area contributed by atoms with Crippen molar-refractivity contribution in [2.75, 3.05) is 6.54 Å². The minimum atomic E-state index is 0.0688. The maximum absolute atomic E-state index is 11.7. The summed E-state index contributed by atoms with van der Waals surface area (Å²) in [5.41, 5.74) is 2.24. The smallest absolute Gasteiger partial charge is 0.224 e. The Kier molecular flexibility index (Phi) is 6.06. The van der Waals surface area contributed by atoms with Crippen LogP contribution in [0.1, 0.15) is 30.9 Å². The molecule has 0 bridgehead atoms.